The lowest BCUT2D eigenvalue weighted by Crippen LogP contribution is -2.03. The molecule has 0 unspecified atom stereocenters. The lowest BCUT2D eigenvalue weighted by Gasteiger charge is -2.13. The molecule has 1 amide bonds. The van der Waals surface area contributed by atoms with Crippen molar-refractivity contribution in [1.82, 2.24) is 0 Å². The van der Waals surface area contributed by atoms with Crippen LogP contribution in [0.15, 0.2) is 34.8 Å². The number of anilines is 4. The third-order valence-electron chi connectivity index (χ3n) is 3.27. The van der Waals surface area contributed by atoms with E-state index in [-0.39, 0.29) is 5.91 Å². The fourth-order valence-corrected chi connectivity index (χ4v) is 2.63. The summed E-state index contributed by atoms with van der Waals surface area (Å²) < 4.78 is 0.832. The van der Waals surface area contributed by atoms with E-state index in [2.05, 4.69) is 32.6 Å². The lowest BCUT2D eigenvalue weighted by molar-refractivity contribution is -0.115. The second-order valence-electron chi connectivity index (χ2n) is 4.75. The lowest BCUT2D eigenvalue weighted by atomic mass is 10.1. The minimum Gasteiger partial charge on any atom is -0.397 e. The molecule has 0 saturated heterocycles. The Kier molecular flexibility index (Phi) is 3.28. The maximum Gasteiger partial charge on any atom is 0.228 e. The number of nitrogens with one attached hydrogen (secondary N) is 2. The zero-order valence-electron chi connectivity index (χ0n) is 10.9. The molecule has 0 aromatic heterocycles. The third-order valence-corrected chi connectivity index (χ3v) is 3.77. The quantitative estimate of drug-likeness (QED) is 0.731. The van der Waals surface area contributed by atoms with Crippen molar-refractivity contribution in [2.75, 3.05) is 16.4 Å². The Bertz CT molecular complexity index is 795. The number of benzene rings is 2. The van der Waals surface area contributed by atoms with Crippen LogP contribution in [-0.2, 0) is 11.2 Å². The largest absolute Gasteiger partial charge is 0.397 e. The fraction of sp³-hybridized carbons (Fsp3) is 0.0667. The van der Waals surface area contributed by atoms with Gasteiger partial charge in [-0.15, -0.1) is 0 Å². The summed E-state index contributed by atoms with van der Waals surface area (Å²) in [5, 5.41) is 15.1. The van der Waals surface area contributed by atoms with Crippen LogP contribution in [0, 0.1) is 11.3 Å². The van der Waals surface area contributed by atoms with Gasteiger partial charge in [-0.1, -0.05) is 15.9 Å². The van der Waals surface area contributed by atoms with Gasteiger partial charge >= 0.3 is 0 Å². The zero-order chi connectivity index (χ0) is 15.0. The smallest absolute Gasteiger partial charge is 0.228 e. The molecule has 5 nitrogen and oxygen atoms in total. The van der Waals surface area contributed by atoms with E-state index in [1.807, 2.05) is 6.07 Å². The molecule has 0 spiro atoms. The first-order valence-corrected chi connectivity index (χ1v) is 7.05. The molecule has 104 valence electrons. The van der Waals surface area contributed by atoms with Crippen molar-refractivity contribution >= 4 is 44.6 Å². The van der Waals surface area contributed by atoms with E-state index in [0.29, 0.717) is 29.0 Å². The SMILES string of the molecule is N#Cc1cc(Br)ccc1Nc1cc2c(cc1N)CC(=O)N2. The average Bonchev–Trinajstić information content (AvgIpc) is 2.80. The van der Waals surface area contributed by atoms with E-state index in [9.17, 15) is 10.1 Å². The van der Waals surface area contributed by atoms with Crippen molar-refractivity contribution in [2.45, 2.75) is 6.42 Å². The first-order valence-electron chi connectivity index (χ1n) is 6.26. The van der Waals surface area contributed by atoms with Gasteiger partial charge in [0.25, 0.3) is 0 Å². The summed E-state index contributed by atoms with van der Waals surface area (Å²) in [4.78, 5) is 11.4. The summed E-state index contributed by atoms with van der Waals surface area (Å²) in [7, 11) is 0. The highest BCUT2D eigenvalue weighted by Gasteiger charge is 2.19. The molecule has 4 N–H and O–H groups in total. The van der Waals surface area contributed by atoms with E-state index in [0.717, 1.165) is 15.7 Å². The molecule has 1 aliphatic heterocycles. The predicted octanol–water partition coefficient (Wildman–Crippen LogP) is 3.14. The number of rotatable bonds is 2. The highest BCUT2D eigenvalue weighted by molar-refractivity contribution is 9.10. The highest BCUT2D eigenvalue weighted by atomic mass is 79.9. The molecule has 0 radical (unpaired) electrons. The van der Waals surface area contributed by atoms with Gasteiger partial charge in [-0.25, -0.2) is 0 Å². The van der Waals surface area contributed by atoms with Gasteiger partial charge in [-0.3, -0.25) is 4.79 Å². The number of carbonyl (C=O) groups is 1. The molecule has 0 aliphatic carbocycles. The summed E-state index contributed by atoms with van der Waals surface area (Å²) in [5.74, 6) is -0.0390. The molecule has 1 aliphatic rings. The van der Waals surface area contributed by atoms with Gasteiger partial charge in [0.15, 0.2) is 0 Å². The van der Waals surface area contributed by atoms with Crippen molar-refractivity contribution in [3.63, 3.8) is 0 Å². The van der Waals surface area contributed by atoms with Crippen molar-refractivity contribution in [3.8, 4) is 6.07 Å². The maximum atomic E-state index is 11.4. The van der Waals surface area contributed by atoms with Crippen LogP contribution < -0.4 is 16.4 Å². The van der Waals surface area contributed by atoms with E-state index >= 15 is 0 Å². The van der Waals surface area contributed by atoms with Crippen LogP contribution in [0.3, 0.4) is 0 Å². The van der Waals surface area contributed by atoms with Gasteiger partial charge < -0.3 is 16.4 Å². The fourth-order valence-electron chi connectivity index (χ4n) is 2.26. The number of halogens is 1. The molecule has 6 heteroatoms. The van der Waals surface area contributed by atoms with Gasteiger partial charge in [-0.2, -0.15) is 5.26 Å². The van der Waals surface area contributed by atoms with Gasteiger partial charge in [0, 0.05) is 10.2 Å². The minimum atomic E-state index is -0.0390. The number of carbonyl (C=O) groups excluding carboxylic acids is 1. The summed E-state index contributed by atoms with van der Waals surface area (Å²) >= 11 is 3.33. The standard InChI is InChI=1S/C15H11BrN4O/c16-10-1-2-12(9(3-10)7-17)19-14-6-13-8(4-11(14)18)5-15(21)20-13/h1-4,6,19H,5,18H2,(H,20,21). The van der Waals surface area contributed by atoms with Gasteiger partial charge in [-0.05, 0) is 35.9 Å². The number of fused-ring (bicyclic) bond motifs is 1. The molecule has 0 saturated carbocycles. The van der Waals surface area contributed by atoms with Crippen LogP contribution >= 0.6 is 15.9 Å². The van der Waals surface area contributed by atoms with Gasteiger partial charge in [0.05, 0.1) is 29.0 Å². The highest BCUT2D eigenvalue weighted by Crippen LogP contribution is 2.34. The van der Waals surface area contributed by atoms with E-state index in [1.54, 1.807) is 24.3 Å². The number of nitrogen functional groups attached to an aromatic ring is 1. The second kappa shape index (κ2) is 5.11. The van der Waals surface area contributed by atoms with Gasteiger partial charge in [0.1, 0.15) is 6.07 Å². The van der Waals surface area contributed by atoms with Crippen LogP contribution in [0.1, 0.15) is 11.1 Å². The maximum absolute atomic E-state index is 11.4. The minimum absolute atomic E-state index is 0.0390. The molecular weight excluding hydrogens is 332 g/mol. The number of nitrogens with two attached hydrogens (primary N) is 1. The molecule has 2 aromatic carbocycles. The summed E-state index contributed by atoms with van der Waals surface area (Å²) in [6, 6.07) is 11.1. The van der Waals surface area contributed by atoms with Crippen LogP contribution in [0.25, 0.3) is 0 Å². The van der Waals surface area contributed by atoms with Crippen molar-refractivity contribution in [3.05, 3.63) is 45.9 Å². The Labute approximate surface area is 129 Å². The number of nitriles is 1. The Morgan fingerprint density at radius 2 is 2.10 bits per heavy atom. The number of amides is 1. The Hall–Kier alpha value is -2.52. The molecule has 3 rings (SSSR count). The van der Waals surface area contributed by atoms with Crippen molar-refractivity contribution in [2.24, 2.45) is 0 Å². The molecule has 0 bridgehead atoms. The molecule has 0 atom stereocenters. The van der Waals surface area contributed by atoms with E-state index in [4.69, 9.17) is 5.73 Å². The van der Waals surface area contributed by atoms with E-state index < -0.39 is 0 Å². The van der Waals surface area contributed by atoms with Crippen LogP contribution in [0.2, 0.25) is 0 Å². The number of hydrogen-bond donors (Lipinski definition) is 3. The second-order valence-corrected chi connectivity index (χ2v) is 5.66. The Morgan fingerprint density at radius 1 is 1.29 bits per heavy atom. The van der Waals surface area contributed by atoms with Crippen LogP contribution in [0.4, 0.5) is 22.7 Å². The predicted molar refractivity (Wildman–Crippen MR) is 85.3 cm³/mol. The average molecular weight is 343 g/mol. The summed E-state index contributed by atoms with van der Waals surface area (Å²) in [6.45, 7) is 0. The van der Waals surface area contributed by atoms with Crippen LogP contribution in [-0.4, -0.2) is 5.91 Å². The molecule has 21 heavy (non-hydrogen) atoms. The molecule has 0 fully saturated rings. The molecule has 2 aromatic rings. The number of hydrogen-bond acceptors (Lipinski definition) is 4. The Morgan fingerprint density at radius 3 is 2.86 bits per heavy atom. The zero-order valence-corrected chi connectivity index (χ0v) is 12.5. The van der Waals surface area contributed by atoms with Gasteiger partial charge in [0.2, 0.25) is 5.91 Å². The van der Waals surface area contributed by atoms with Crippen molar-refractivity contribution in [1.29, 1.82) is 5.26 Å². The first kappa shape index (κ1) is 13.5. The monoisotopic (exact) mass is 342 g/mol. The molecule has 1 heterocycles. The van der Waals surface area contributed by atoms with E-state index in [1.165, 1.54) is 0 Å². The number of nitrogens with zero attached hydrogens (tertiary/aromatic N) is 1. The van der Waals surface area contributed by atoms with Crippen LogP contribution in [0.5, 0.6) is 0 Å². The summed E-state index contributed by atoms with van der Waals surface area (Å²) in [6.07, 6.45) is 0.349. The Balaban J connectivity index is 1.98. The van der Waals surface area contributed by atoms with Crippen molar-refractivity contribution < 1.29 is 4.79 Å². The summed E-state index contributed by atoms with van der Waals surface area (Å²) in [5.41, 5.74) is 10.0. The normalized spacial score (nSPS) is 12.5. The third kappa shape index (κ3) is 2.56. The first-order chi connectivity index (χ1) is 10.1. The molecular formula is C15H11BrN4O. The topological polar surface area (TPSA) is 90.9 Å².